The van der Waals surface area contributed by atoms with Gasteiger partial charge in [-0.05, 0) is 30.3 Å². The Hall–Kier alpha value is -2.30. The molecule has 0 fully saturated rings. The average molecular weight is 235 g/mol. The third-order valence-electron chi connectivity index (χ3n) is 2.17. The molecule has 0 bridgehead atoms. The largest absolute Gasteiger partial charge is 0.477 e. The Morgan fingerprint density at radius 2 is 1.94 bits per heavy atom. The molecule has 5 heteroatoms. The summed E-state index contributed by atoms with van der Waals surface area (Å²) in [6.45, 7) is 0. The number of aromatic nitrogens is 1. The Morgan fingerprint density at radius 1 is 1.18 bits per heavy atom. The highest BCUT2D eigenvalue weighted by atomic mass is 19.1. The maximum atomic E-state index is 13.4. The molecule has 0 aliphatic rings. The number of rotatable bonds is 2. The lowest BCUT2D eigenvalue weighted by Crippen LogP contribution is -2.01. The minimum atomic E-state index is -1.22. The molecule has 0 spiro atoms. The van der Waals surface area contributed by atoms with Crippen LogP contribution in [0.1, 0.15) is 10.5 Å². The van der Waals surface area contributed by atoms with Crippen LogP contribution in [0.4, 0.5) is 8.78 Å². The topological polar surface area (TPSA) is 50.2 Å². The van der Waals surface area contributed by atoms with Crippen molar-refractivity contribution in [1.82, 2.24) is 4.98 Å². The van der Waals surface area contributed by atoms with Crippen molar-refractivity contribution in [2.45, 2.75) is 0 Å². The molecule has 0 saturated carbocycles. The van der Waals surface area contributed by atoms with Crippen LogP contribution in [0.3, 0.4) is 0 Å². The van der Waals surface area contributed by atoms with E-state index in [1.807, 2.05) is 0 Å². The molecule has 0 atom stereocenters. The Bertz CT molecular complexity index is 584. The molecule has 0 aliphatic carbocycles. The van der Waals surface area contributed by atoms with Crippen LogP contribution in [0, 0.1) is 11.6 Å². The maximum absolute atomic E-state index is 13.4. The first-order chi connectivity index (χ1) is 8.08. The van der Waals surface area contributed by atoms with Crippen LogP contribution in [-0.4, -0.2) is 16.1 Å². The van der Waals surface area contributed by atoms with Gasteiger partial charge in [-0.3, -0.25) is 0 Å². The molecule has 86 valence electrons. The van der Waals surface area contributed by atoms with E-state index in [1.54, 1.807) is 0 Å². The second kappa shape index (κ2) is 4.29. The molecule has 3 nitrogen and oxygen atoms in total. The Balaban J connectivity index is 2.56. The van der Waals surface area contributed by atoms with Crippen molar-refractivity contribution in [3.8, 4) is 11.3 Å². The summed E-state index contributed by atoms with van der Waals surface area (Å²) in [5.74, 6) is -2.48. The van der Waals surface area contributed by atoms with Gasteiger partial charge in [0.1, 0.15) is 17.3 Å². The first-order valence-electron chi connectivity index (χ1n) is 4.73. The first kappa shape index (κ1) is 11.2. The number of carbonyl (C=O) groups is 1. The van der Waals surface area contributed by atoms with Crippen molar-refractivity contribution < 1.29 is 18.7 Å². The number of carboxylic acids is 1. The Morgan fingerprint density at radius 3 is 2.65 bits per heavy atom. The van der Waals surface area contributed by atoms with Gasteiger partial charge in [0.15, 0.2) is 0 Å². The molecule has 1 aromatic heterocycles. The summed E-state index contributed by atoms with van der Waals surface area (Å²) in [5, 5.41) is 8.75. The Kier molecular flexibility index (Phi) is 2.82. The molecule has 0 aliphatic heterocycles. The van der Waals surface area contributed by atoms with E-state index in [9.17, 15) is 13.6 Å². The SMILES string of the molecule is O=C(O)c1cccc(-c2cc(F)ccc2F)n1. The smallest absolute Gasteiger partial charge is 0.354 e. The van der Waals surface area contributed by atoms with E-state index in [0.29, 0.717) is 0 Å². The highest BCUT2D eigenvalue weighted by Gasteiger charge is 2.10. The fraction of sp³-hybridized carbons (Fsp3) is 0. The van der Waals surface area contributed by atoms with Crippen LogP contribution < -0.4 is 0 Å². The zero-order chi connectivity index (χ0) is 12.4. The van der Waals surface area contributed by atoms with Crippen LogP contribution in [0.15, 0.2) is 36.4 Å². The summed E-state index contributed by atoms with van der Waals surface area (Å²) in [6, 6.07) is 7.06. The number of pyridine rings is 1. The van der Waals surface area contributed by atoms with E-state index in [4.69, 9.17) is 5.11 Å². The quantitative estimate of drug-likeness (QED) is 0.870. The molecule has 2 aromatic rings. The minimum Gasteiger partial charge on any atom is -0.477 e. The molecule has 0 radical (unpaired) electrons. The third kappa shape index (κ3) is 2.28. The van der Waals surface area contributed by atoms with Gasteiger partial charge in [0.2, 0.25) is 0 Å². The normalized spacial score (nSPS) is 10.2. The number of hydrogen-bond acceptors (Lipinski definition) is 2. The summed E-state index contributed by atoms with van der Waals surface area (Å²) >= 11 is 0. The van der Waals surface area contributed by atoms with E-state index < -0.39 is 17.6 Å². The number of carboxylic acid groups (broad SMARTS) is 1. The molecular formula is C12H7F2NO2. The molecule has 1 heterocycles. The first-order valence-corrected chi connectivity index (χ1v) is 4.73. The zero-order valence-corrected chi connectivity index (χ0v) is 8.52. The van der Waals surface area contributed by atoms with E-state index >= 15 is 0 Å². The van der Waals surface area contributed by atoms with Gasteiger partial charge in [-0.1, -0.05) is 6.07 Å². The standard InChI is InChI=1S/C12H7F2NO2/c13-7-4-5-9(14)8(6-7)10-2-1-3-11(15-10)12(16)17/h1-6H,(H,16,17). The summed E-state index contributed by atoms with van der Waals surface area (Å²) in [6.07, 6.45) is 0. The molecule has 0 saturated heterocycles. The lowest BCUT2D eigenvalue weighted by Gasteiger charge is -2.03. The predicted octanol–water partition coefficient (Wildman–Crippen LogP) is 2.73. The van der Waals surface area contributed by atoms with E-state index in [0.717, 1.165) is 18.2 Å². The molecule has 1 aromatic carbocycles. The second-order valence-electron chi connectivity index (χ2n) is 3.34. The number of benzene rings is 1. The molecule has 0 unspecified atom stereocenters. The molecule has 17 heavy (non-hydrogen) atoms. The summed E-state index contributed by atoms with van der Waals surface area (Å²) < 4.78 is 26.4. The average Bonchev–Trinajstić information content (AvgIpc) is 2.32. The lowest BCUT2D eigenvalue weighted by atomic mass is 10.1. The van der Waals surface area contributed by atoms with Gasteiger partial charge in [-0.25, -0.2) is 18.6 Å². The van der Waals surface area contributed by atoms with Gasteiger partial charge in [0.05, 0.1) is 5.69 Å². The van der Waals surface area contributed by atoms with Crippen LogP contribution in [0.2, 0.25) is 0 Å². The van der Waals surface area contributed by atoms with Crippen LogP contribution in [0.25, 0.3) is 11.3 Å². The van der Waals surface area contributed by atoms with Gasteiger partial charge in [-0.15, -0.1) is 0 Å². The van der Waals surface area contributed by atoms with Gasteiger partial charge in [-0.2, -0.15) is 0 Å². The van der Waals surface area contributed by atoms with Crippen LogP contribution in [0.5, 0.6) is 0 Å². The number of nitrogens with zero attached hydrogens (tertiary/aromatic N) is 1. The predicted molar refractivity (Wildman–Crippen MR) is 56.5 cm³/mol. The van der Waals surface area contributed by atoms with Crippen molar-refractivity contribution >= 4 is 5.97 Å². The number of halogens is 2. The fourth-order valence-corrected chi connectivity index (χ4v) is 1.40. The Labute approximate surface area is 95.4 Å². The summed E-state index contributed by atoms with van der Waals surface area (Å²) in [7, 11) is 0. The van der Waals surface area contributed by atoms with Gasteiger partial charge >= 0.3 is 5.97 Å². The summed E-state index contributed by atoms with van der Waals surface area (Å²) in [4.78, 5) is 14.4. The number of hydrogen-bond donors (Lipinski definition) is 1. The highest BCUT2D eigenvalue weighted by Crippen LogP contribution is 2.21. The molecular weight excluding hydrogens is 228 g/mol. The van der Waals surface area contributed by atoms with E-state index in [-0.39, 0.29) is 17.0 Å². The van der Waals surface area contributed by atoms with Crippen molar-refractivity contribution in [3.05, 3.63) is 53.7 Å². The number of aromatic carboxylic acids is 1. The van der Waals surface area contributed by atoms with E-state index in [2.05, 4.69) is 4.98 Å². The van der Waals surface area contributed by atoms with Gasteiger partial charge in [0.25, 0.3) is 0 Å². The van der Waals surface area contributed by atoms with Gasteiger partial charge < -0.3 is 5.11 Å². The van der Waals surface area contributed by atoms with Crippen molar-refractivity contribution in [1.29, 1.82) is 0 Å². The molecule has 2 rings (SSSR count). The lowest BCUT2D eigenvalue weighted by molar-refractivity contribution is 0.0690. The zero-order valence-electron chi connectivity index (χ0n) is 8.52. The third-order valence-corrected chi connectivity index (χ3v) is 2.17. The van der Waals surface area contributed by atoms with E-state index in [1.165, 1.54) is 18.2 Å². The summed E-state index contributed by atoms with van der Waals surface area (Å²) in [5.41, 5.74) is -0.193. The maximum Gasteiger partial charge on any atom is 0.354 e. The molecule has 1 N–H and O–H groups in total. The monoisotopic (exact) mass is 235 g/mol. The van der Waals surface area contributed by atoms with Gasteiger partial charge in [0, 0.05) is 5.56 Å². The highest BCUT2D eigenvalue weighted by molar-refractivity contribution is 5.86. The van der Waals surface area contributed by atoms with Crippen LogP contribution >= 0.6 is 0 Å². The molecule has 0 amide bonds. The second-order valence-corrected chi connectivity index (χ2v) is 3.34. The van der Waals surface area contributed by atoms with Crippen molar-refractivity contribution in [2.75, 3.05) is 0 Å². The van der Waals surface area contributed by atoms with Crippen molar-refractivity contribution in [3.63, 3.8) is 0 Å². The van der Waals surface area contributed by atoms with Crippen molar-refractivity contribution in [2.24, 2.45) is 0 Å². The fourth-order valence-electron chi connectivity index (χ4n) is 1.40. The van der Waals surface area contributed by atoms with Crippen LogP contribution in [-0.2, 0) is 0 Å². The minimum absolute atomic E-state index is 0.0619.